The van der Waals surface area contributed by atoms with Gasteiger partial charge >= 0.3 is 0 Å². The molecule has 0 aliphatic heterocycles. The van der Waals surface area contributed by atoms with Crippen molar-refractivity contribution >= 4 is 17.2 Å². The molecule has 0 spiro atoms. The number of hydroxylamine groups is 1. The number of hydrogen-bond acceptors (Lipinski definition) is 4. The van der Waals surface area contributed by atoms with Crippen molar-refractivity contribution in [2.24, 2.45) is 0 Å². The van der Waals surface area contributed by atoms with E-state index in [4.69, 9.17) is 9.57 Å². The number of hydrogen-bond donors (Lipinski definition) is 1. The smallest absolute Gasteiger partial charge is 0.248 e. The van der Waals surface area contributed by atoms with Gasteiger partial charge in [-0.3, -0.25) is 9.63 Å². The highest BCUT2D eigenvalue weighted by Crippen LogP contribution is 2.09. The van der Waals surface area contributed by atoms with Crippen molar-refractivity contribution < 1.29 is 14.4 Å². The molecule has 2 rings (SSSR count). The molecule has 100 valence electrons. The van der Waals surface area contributed by atoms with Crippen LogP contribution >= 0.6 is 11.3 Å². The highest BCUT2D eigenvalue weighted by atomic mass is 32.1. The van der Waals surface area contributed by atoms with Crippen LogP contribution in [0.5, 0.6) is 5.75 Å². The van der Waals surface area contributed by atoms with Gasteiger partial charge in [-0.15, -0.1) is 11.3 Å². The zero-order valence-corrected chi connectivity index (χ0v) is 11.2. The summed E-state index contributed by atoms with van der Waals surface area (Å²) in [4.78, 5) is 17.5. The van der Waals surface area contributed by atoms with Gasteiger partial charge in [-0.05, 0) is 23.6 Å². The lowest BCUT2D eigenvalue weighted by Gasteiger charge is -2.07. The predicted octanol–water partition coefficient (Wildman–Crippen LogP) is 2.42. The number of carbonyl (C=O) groups excluding carboxylic acids is 1. The SMILES string of the molecule is O=C(Cc1cccs1)NOCCOc1ccccc1. The molecule has 0 bridgehead atoms. The molecular weight excluding hydrogens is 262 g/mol. The maximum Gasteiger partial charge on any atom is 0.248 e. The van der Waals surface area contributed by atoms with Crippen LogP contribution in [0, 0.1) is 0 Å². The molecule has 2 aromatic rings. The normalized spacial score (nSPS) is 10.1. The molecule has 0 saturated heterocycles. The summed E-state index contributed by atoms with van der Waals surface area (Å²) >= 11 is 1.55. The zero-order chi connectivity index (χ0) is 13.3. The van der Waals surface area contributed by atoms with Gasteiger partial charge in [0.05, 0.1) is 6.42 Å². The van der Waals surface area contributed by atoms with Crippen LogP contribution in [0.25, 0.3) is 0 Å². The molecule has 1 amide bonds. The van der Waals surface area contributed by atoms with E-state index in [-0.39, 0.29) is 5.91 Å². The summed E-state index contributed by atoms with van der Waals surface area (Å²) in [6.45, 7) is 0.703. The van der Waals surface area contributed by atoms with E-state index in [0.717, 1.165) is 10.6 Å². The fourth-order valence-electron chi connectivity index (χ4n) is 1.46. The third kappa shape index (κ3) is 5.11. The average molecular weight is 277 g/mol. The Morgan fingerprint density at radius 3 is 2.68 bits per heavy atom. The van der Waals surface area contributed by atoms with Crippen molar-refractivity contribution in [3.05, 3.63) is 52.7 Å². The van der Waals surface area contributed by atoms with E-state index in [1.165, 1.54) is 0 Å². The summed E-state index contributed by atoms with van der Waals surface area (Å²) in [7, 11) is 0. The first-order valence-corrected chi connectivity index (χ1v) is 6.83. The van der Waals surface area contributed by atoms with E-state index in [1.54, 1.807) is 11.3 Å². The third-order valence-corrected chi connectivity index (χ3v) is 3.17. The quantitative estimate of drug-likeness (QED) is 0.624. The van der Waals surface area contributed by atoms with Crippen molar-refractivity contribution in [3.8, 4) is 5.75 Å². The van der Waals surface area contributed by atoms with Gasteiger partial charge in [-0.1, -0.05) is 24.3 Å². The highest BCUT2D eigenvalue weighted by molar-refractivity contribution is 7.10. The Balaban J connectivity index is 1.56. The summed E-state index contributed by atoms with van der Waals surface area (Å²) in [5, 5.41) is 1.94. The highest BCUT2D eigenvalue weighted by Gasteiger charge is 2.03. The summed E-state index contributed by atoms with van der Waals surface area (Å²) in [5.41, 5.74) is 2.39. The van der Waals surface area contributed by atoms with Crippen LogP contribution in [-0.2, 0) is 16.1 Å². The number of rotatable bonds is 7. The zero-order valence-electron chi connectivity index (χ0n) is 10.4. The van der Waals surface area contributed by atoms with E-state index >= 15 is 0 Å². The fraction of sp³-hybridized carbons (Fsp3) is 0.214. The lowest BCUT2D eigenvalue weighted by molar-refractivity contribution is -0.133. The largest absolute Gasteiger partial charge is 0.491 e. The number of nitrogens with one attached hydrogen (secondary N) is 1. The second-order valence-electron chi connectivity index (χ2n) is 3.79. The Morgan fingerprint density at radius 2 is 1.95 bits per heavy atom. The number of carbonyl (C=O) groups is 1. The van der Waals surface area contributed by atoms with E-state index in [9.17, 15) is 4.79 Å². The number of benzene rings is 1. The van der Waals surface area contributed by atoms with Crippen LogP contribution < -0.4 is 10.2 Å². The minimum absolute atomic E-state index is 0.151. The Labute approximate surface area is 115 Å². The maximum absolute atomic E-state index is 11.5. The summed E-state index contributed by atoms with van der Waals surface area (Å²) in [6, 6.07) is 13.3. The number of para-hydroxylation sites is 1. The molecule has 5 heteroatoms. The van der Waals surface area contributed by atoms with Gasteiger partial charge in [0.1, 0.15) is 19.0 Å². The van der Waals surface area contributed by atoms with Crippen molar-refractivity contribution in [3.63, 3.8) is 0 Å². The van der Waals surface area contributed by atoms with E-state index in [2.05, 4.69) is 5.48 Å². The molecule has 1 N–H and O–H groups in total. The van der Waals surface area contributed by atoms with E-state index in [1.807, 2.05) is 47.8 Å². The standard InChI is InChI=1S/C14H15NO3S/c16-14(11-13-7-4-10-19-13)15-18-9-8-17-12-5-2-1-3-6-12/h1-7,10H,8-9,11H2,(H,15,16). The first kappa shape index (κ1) is 13.6. The molecule has 1 aromatic heterocycles. The van der Waals surface area contributed by atoms with Gasteiger partial charge in [0, 0.05) is 4.88 Å². The minimum Gasteiger partial charge on any atom is -0.491 e. The molecular formula is C14H15NO3S. The average Bonchev–Trinajstić information content (AvgIpc) is 2.92. The second kappa shape index (κ2) is 7.56. The number of ether oxygens (including phenoxy) is 1. The molecule has 0 saturated carbocycles. The van der Waals surface area contributed by atoms with Crippen LogP contribution in [0.3, 0.4) is 0 Å². The molecule has 0 fully saturated rings. The Kier molecular flexibility index (Phi) is 5.40. The monoisotopic (exact) mass is 277 g/mol. The summed E-state index contributed by atoms with van der Waals surface area (Å²) < 4.78 is 5.42. The van der Waals surface area contributed by atoms with Crippen molar-refractivity contribution in [2.45, 2.75) is 6.42 Å². The molecule has 0 radical (unpaired) electrons. The predicted molar refractivity (Wildman–Crippen MR) is 74.1 cm³/mol. The molecule has 1 heterocycles. The Hall–Kier alpha value is -1.85. The second-order valence-corrected chi connectivity index (χ2v) is 4.82. The first-order valence-electron chi connectivity index (χ1n) is 5.95. The molecule has 0 aliphatic carbocycles. The van der Waals surface area contributed by atoms with Crippen LogP contribution in [0.15, 0.2) is 47.8 Å². The topological polar surface area (TPSA) is 47.6 Å². The van der Waals surface area contributed by atoms with E-state index in [0.29, 0.717) is 19.6 Å². The van der Waals surface area contributed by atoms with Crippen molar-refractivity contribution in [2.75, 3.05) is 13.2 Å². The Morgan fingerprint density at radius 1 is 1.11 bits per heavy atom. The van der Waals surface area contributed by atoms with Crippen molar-refractivity contribution in [1.82, 2.24) is 5.48 Å². The molecule has 1 aromatic carbocycles. The lowest BCUT2D eigenvalue weighted by atomic mass is 10.3. The minimum atomic E-state index is -0.151. The number of thiophene rings is 1. The molecule has 0 unspecified atom stereocenters. The molecule has 0 atom stereocenters. The van der Waals surface area contributed by atoms with Crippen LogP contribution in [-0.4, -0.2) is 19.1 Å². The Bertz CT molecular complexity index is 485. The van der Waals surface area contributed by atoms with Gasteiger partial charge < -0.3 is 4.74 Å². The van der Waals surface area contributed by atoms with Gasteiger partial charge in [0.25, 0.3) is 0 Å². The van der Waals surface area contributed by atoms with Crippen LogP contribution in [0.2, 0.25) is 0 Å². The van der Waals surface area contributed by atoms with E-state index < -0.39 is 0 Å². The lowest BCUT2D eigenvalue weighted by Crippen LogP contribution is -2.27. The summed E-state index contributed by atoms with van der Waals surface area (Å²) in [6.07, 6.45) is 0.344. The number of amides is 1. The first-order chi connectivity index (χ1) is 9.34. The summed E-state index contributed by atoms with van der Waals surface area (Å²) in [5.74, 6) is 0.637. The van der Waals surface area contributed by atoms with Gasteiger partial charge in [0.2, 0.25) is 5.91 Å². The van der Waals surface area contributed by atoms with Crippen LogP contribution in [0.1, 0.15) is 4.88 Å². The molecule has 0 aliphatic rings. The molecule has 4 nitrogen and oxygen atoms in total. The fourth-order valence-corrected chi connectivity index (χ4v) is 2.16. The maximum atomic E-state index is 11.5. The van der Waals surface area contributed by atoms with Crippen LogP contribution in [0.4, 0.5) is 0 Å². The van der Waals surface area contributed by atoms with Crippen molar-refractivity contribution in [1.29, 1.82) is 0 Å². The van der Waals surface area contributed by atoms with Gasteiger partial charge in [-0.2, -0.15) is 0 Å². The molecule has 19 heavy (non-hydrogen) atoms. The van der Waals surface area contributed by atoms with Gasteiger partial charge in [0.15, 0.2) is 0 Å². The van der Waals surface area contributed by atoms with Gasteiger partial charge in [-0.25, -0.2) is 5.48 Å². The third-order valence-electron chi connectivity index (χ3n) is 2.30.